The molecular formula is C61H113NO5. The first-order chi connectivity index (χ1) is 33.0. The molecular weight excluding hydrogens is 827 g/mol. The van der Waals surface area contributed by atoms with Crippen molar-refractivity contribution in [2.45, 2.75) is 315 Å². The highest BCUT2D eigenvalue weighted by Crippen LogP contribution is 2.16. The van der Waals surface area contributed by atoms with Crippen LogP contribution in [0.25, 0.3) is 0 Å². The van der Waals surface area contributed by atoms with E-state index in [0.717, 1.165) is 77.0 Å². The molecule has 0 aromatic heterocycles. The van der Waals surface area contributed by atoms with E-state index in [9.17, 15) is 19.8 Å². The predicted molar refractivity (Wildman–Crippen MR) is 292 cm³/mol. The Morgan fingerprint density at radius 2 is 0.776 bits per heavy atom. The molecule has 3 N–H and O–H groups in total. The smallest absolute Gasteiger partial charge is 0.305 e. The van der Waals surface area contributed by atoms with Gasteiger partial charge in [0.2, 0.25) is 5.91 Å². The zero-order valence-corrected chi connectivity index (χ0v) is 44.6. The minimum Gasteiger partial charge on any atom is -0.466 e. The SMILES string of the molecule is CCC/C=C\C/C=C\CCCCCCCC(=O)OCCCCCCCCC/C=C\CCCCCCCC(=O)NC(CO)C(O)/C=C/CCCCCCCCCCCCCCCCCCCCC. The van der Waals surface area contributed by atoms with E-state index in [1.54, 1.807) is 6.08 Å². The van der Waals surface area contributed by atoms with Crippen LogP contribution in [0.5, 0.6) is 0 Å². The average Bonchev–Trinajstić information content (AvgIpc) is 3.33. The molecule has 6 nitrogen and oxygen atoms in total. The third-order valence-electron chi connectivity index (χ3n) is 13.3. The van der Waals surface area contributed by atoms with Gasteiger partial charge in [0.25, 0.3) is 0 Å². The summed E-state index contributed by atoms with van der Waals surface area (Å²) in [6.45, 7) is 4.82. The number of ether oxygens (including phenoxy) is 1. The second kappa shape index (κ2) is 56.4. The zero-order valence-electron chi connectivity index (χ0n) is 44.6. The lowest BCUT2D eigenvalue weighted by Crippen LogP contribution is -2.45. The highest BCUT2D eigenvalue weighted by Gasteiger charge is 2.18. The van der Waals surface area contributed by atoms with E-state index in [0.29, 0.717) is 19.4 Å². The lowest BCUT2D eigenvalue weighted by Gasteiger charge is -2.20. The Balaban J connectivity index is 3.52. The Kier molecular flexibility index (Phi) is 54.6. The minimum atomic E-state index is -0.857. The number of rotatable bonds is 54. The van der Waals surface area contributed by atoms with Crippen LogP contribution < -0.4 is 5.32 Å². The van der Waals surface area contributed by atoms with Gasteiger partial charge in [-0.15, -0.1) is 0 Å². The van der Waals surface area contributed by atoms with E-state index in [1.807, 2.05) is 6.08 Å². The largest absolute Gasteiger partial charge is 0.466 e. The van der Waals surface area contributed by atoms with Crippen LogP contribution in [0.1, 0.15) is 303 Å². The van der Waals surface area contributed by atoms with Crippen molar-refractivity contribution in [3.05, 3.63) is 48.6 Å². The van der Waals surface area contributed by atoms with Crippen LogP contribution >= 0.6 is 0 Å². The number of esters is 1. The number of allylic oxidation sites excluding steroid dienone is 7. The molecule has 0 rings (SSSR count). The Hall–Kier alpha value is -2.18. The molecule has 0 radical (unpaired) electrons. The first-order valence-electron chi connectivity index (χ1n) is 29.4. The summed E-state index contributed by atoms with van der Waals surface area (Å²) in [5.41, 5.74) is 0. The molecule has 0 aliphatic heterocycles. The molecule has 2 atom stereocenters. The maximum Gasteiger partial charge on any atom is 0.305 e. The van der Waals surface area contributed by atoms with Gasteiger partial charge >= 0.3 is 5.97 Å². The molecule has 392 valence electrons. The van der Waals surface area contributed by atoms with Gasteiger partial charge in [-0.05, 0) is 83.5 Å². The second-order valence-electron chi connectivity index (χ2n) is 20.0. The summed E-state index contributed by atoms with van der Waals surface area (Å²) in [5, 5.41) is 23.2. The van der Waals surface area contributed by atoms with Crippen LogP contribution in [-0.2, 0) is 14.3 Å². The highest BCUT2D eigenvalue weighted by atomic mass is 16.5. The summed E-state index contributed by atoms with van der Waals surface area (Å²) in [5.74, 6) is -0.104. The van der Waals surface area contributed by atoms with Crippen LogP contribution in [0.4, 0.5) is 0 Å². The van der Waals surface area contributed by atoms with Gasteiger partial charge in [0.15, 0.2) is 0 Å². The first-order valence-corrected chi connectivity index (χ1v) is 29.4. The van der Waals surface area contributed by atoms with Crippen molar-refractivity contribution in [1.82, 2.24) is 5.32 Å². The van der Waals surface area contributed by atoms with Gasteiger partial charge in [-0.2, -0.15) is 0 Å². The van der Waals surface area contributed by atoms with Crippen molar-refractivity contribution in [1.29, 1.82) is 0 Å². The number of aliphatic hydroxyl groups excluding tert-OH is 2. The molecule has 0 aliphatic carbocycles. The monoisotopic (exact) mass is 940 g/mol. The topological polar surface area (TPSA) is 95.9 Å². The number of amides is 1. The van der Waals surface area contributed by atoms with Gasteiger partial charge in [-0.25, -0.2) is 0 Å². The van der Waals surface area contributed by atoms with Crippen molar-refractivity contribution in [2.24, 2.45) is 0 Å². The Bertz CT molecular complexity index is 1130. The molecule has 2 unspecified atom stereocenters. The summed E-state index contributed by atoms with van der Waals surface area (Å²) in [7, 11) is 0. The van der Waals surface area contributed by atoms with Crippen molar-refractivity contribution >= 4 is 11.9 Å². The van der Waals surface area contributed by atoms with E-state index in [1.165, 1.54) is 199 Å². The van der Waals surface area contributed by atoms with Crippen molar-refractivity contribution in [3.8, 4) is 0 Å². The highest BCUT2D eigenvalue weighted by molar-refractivity contribution is 5.76. The van der Waals surface area contributed by atoms with Crippen LogP contribution in [0.3, 0.4) is 0 Å². The number of carbonyl (C=O) groups excluding carboxylic acids is 2. The number of unbranched alkanes of at least 4 members (excludes halogenated alkanes) is 37. The first kappa shape index (κ1) is 64.8. The molecule has 0 saturated heterocycles. The molecule has 0 fully saturated rings. The summed E-state index contributed by atoms with van der Waals surface area (Å²) in [4.78, 5) is 24.5. The lowest BCUT2D eigenvalue weighted by molar-refractivity contribution is -0.143. The summed E-state index contributed by atoms with van der Waals surface area (Å²) in [6.07, 6.45) is 71.3. The number of hydrogen-bond acceptors (Lipinski definition) is 5. The summed E-state index contributed by atoms with van der Waals surface area (Å²) in [6, 6.07) is -0.642. The van der Waals surface area contributed by atoms with E-state index >= 15 is 0 Å². The van der Waals surface area contributed by atoms with E-state index in [-0.39, 0.29) is 18.5 Å². The standard InChI is InChI=1S/C61H113NO5/c1-3-5-7-9-11-13-15-17-18-19-20-21-22-23-26-30-33-37-41-45-49-53-59(64)58(57-63)62-60(65)54-50-46-42-38-34-31-27-24-25-28-32-36-40-44-48-52-56-67-61(66)55-51-47-43-39-35-29-16-14-12-10-8-6-4-2/h8,10,14,16,24,27,49,53,58-59,63-64H,3-7,9,11-13,15,17-23,25-26,28-48,50-52,54-57H2,1-2H3,(H,62,65)/b10-8-,16-14-,27-24-,53-49+. The fourth-order valence-corrected chi connectivity index (χ4v) is 8.78. The Morgan fingerprint density at radius 1 is 0.418 bits per heavy atom. The van der Waals surface area contributed by atoms with Crippen LogP contribution in [0.15, 0.2) is 48.6 Å². The summed E-state index contributed by atoms with van der Waals surface area (Å²) >= 11 is 0. The predicted octanol–water partition coefficient (Wildman–Crippen LogP) is 18.2. The molecule has 67 heavy (non-hydrogen) atoms. The average molecular weight is 941 g/mol. The Morgan fingerprint density at radius 3 is 1.21 bits per heavy atom. The molecule has 0 bridgehead atoms. The van der Waals surface area contributed by atoms with Gasteiger partial charge in [-0.3, -0.25) is 9.59 Å². The van der Waals surface area contributed by atoms with Crippen LogP contribution in [0.2, 0.25) is 0 Å². The van der Waals surface area contributed by atoms with Crippen LogP contribution in [0, 0.1) is 0 Å². The van der Waals surface area contributed by atoms with Gasteiger partial charge < -0.3 is 20.3 Å². The molecule has 0 heterocycles. The van der Waals surface area contributed by atoms with Gasteiger partial charge in [0.1, 0.15) is 0 Å². The second-order valence-corrected chi connectivity index (χ2v) is 20.0. The molecule has 0 aromatic carbocycles. The third kappa shape index (κ3) is 53.0. The van der Waals surface area contributed by atoms with Crippen molar-refractivity contribution in [2.75, 3.05) is 13.2 Å². The van der Waals surface area contributed by atoms with E-state index in [4.69, 9.17) is 4.74 Å². The summed E-state index contributed by atoms with van der Waals surface area (Å²) < 4.78 is 5.45. The van der Waals surface area contributed by atoms with Gasteiger partial charge in [0, 0.05) is 12.8 Å². The van der Waals surface area contributed by atoms with Crippen molar-refractivity contribution < 1.29 is 24.5 Å². The number of aliphatic hydroxyl groups is 2. The van der Waals surface area contributed by atoms with Gasteiger partial charge in [0.05, 0.1) is 25.4 Å². The maximum atomic E-state index is 12.5. The Labute approximate surface area is 416 Å². The van der Waals surface area contributed by atoms with Crippen molar-refractivity contribution in [3.63, 3.8) is 0 Å². The van der Waals surface area contributed by atoms with E-state index in [2.05, 4.69) is 55.6 Å². The molecule has 1 amide bonds. The fraction of sp³-hybridized carbons (Fsp3) is 0.836. The van der Waals surface area contributed by atoms with Gasteiger partial charge in [-0.1, -0.05) is 255 Å². The minimum absolute atomic E-state index is 0.0195. The molecule has 0 aliphatic rings. The molecule has 0 saturated carbocycles. The van der Waals surface area contributed by atoms with E-state index < -0.39 is 12.1 Å². The molecule has 6 heteroatoms. The number of carbonyl (C=O) groups is 2. The number of nitrogens with one attached hydrogen (secondary N) is 1. The normalized spacial score (nSPS) is 13.0. The number of hydrogen-bond donors (Lipinski definition) is 3. The third-order valence-corrected chi connectivity index (χ3v) is 13.3. The zero-order chi connectivity index (χ0) is 48.6. The lowest BCUT2D eigenvalue weighted by atomic mass is 10.0. The quantitative estimate of drug-likeness (QED) is 0.0321. The molecule has 0 aromatic rings. The molecule has 0 spiro atoms. The maximum absolute atomic E-state index is 12.5. The fourth-order valence-electron chi connectivity index (χ4n) is 8.78. The van der Waals surface area contributed by atoms with Crippen LogP contribution in [-0.4, -0.2) is 47.4 Å².